The van der Waals surface area contributed by atoms with E-state index in [2.05, 4.69) is 25.2 Å². The van der Waals surface area contributed by atoms with Crippen molar-refractivity contribution in [3.05, 3.63) is 65.7 Å². The van der Waals surface area contributed by atoms with Gasteiger partial charge in [0.1, 0.15) is 0 Å². The molecule has 158 valence electrons. The van der Waals surface area contributed by atoms with E-state index in [0.717, 1.165) is 12.1 Å². The highest BCUT2D eigenvalue weighted by Crippen LogP contribution is 2.28. The summed E-state index contributed by atoms with van der Waals surface area (Å²) in [5.74, 6) is -2.75. The molecule has 0 radical (unpaired) electrons. The molecule has 11 heteroatoms. The quantitative estimate of drug-likeness (QED) is 0.566. The molecule has 2 N–H and O–H groups in total. The van der Waals surface area contributed by atoms with Gasteiger partial charge in [-0.15, -0.1) is 13.2 Å². The normalized spacial score (nSPS) is 12.4. The van der Waals surface area contributed by atoms with E-state index in [1.165, 1.54) is 19.4 Å². The Morgan fingerprint density at radius 1 is 1.27 bits per heavy atom. The molecule has 1 aromatic carbocycles. The van der Waals surface area contributed by atoms with Crippen LogP contribution in [0, 0.1) is 5.82 Å². The van der Waals surface area contributed by atoms with E-state index < -0.39 is 29.9 Å². The zero-order valence-corrected chi connectivity index (χ0v) is 15.5. The molecular weight excluding hydrogens is 408 g/mol. The van der Waals surface area contributed by atoms with E-state index in [1.807, 2.05) is 0 Å². The Balaban J connectivity index is 1.82. The zero-order chi connectivity index (χ0) is 21.7. The second-order valence-electron chi connectivity index (χ2n) is 6.09. The van der Waals surface area contributed by atoms with Crippen LogP contribution in [0.5, 0.6) is 5.75 Å². The van der Waals surface area contributed by atoms with Gasteiger partial charge in [0.25, 0.3) is 5.91 Å². The Morgan fingerprint density at radius 3 is 2.70 bits per heavy atom. The number of rotatable bonds is 7. The Hall–Kier alpha value is -3.47. The summed E-state index contributed by atoms with van der Waals surface area (Å²) in [6.45, 7) is -0.0541. The maximum absolute atomic E-state index is 14.1. The first-order valence-electron chi connectivity index (χ1n) is 8.58. The van der Waals surface area contributed by atoms with Crippen molar-refractivity contribution >= 4 is 5.91 Å². The molecule has 0 aliphatic rings. The van der Waals surface area contributed by atoms with Gasteiger partial charge in [0, 0.05) is 13.3 Å². The van der Waals surface area contributed by atoms with Crippen molar-refractivity contribution in [1.29, 1.82) is 0 Å². The van der Waals surface area contributed by atoms with Crippen molar-refractivity contribution in [3.63, 3.8) is 0 Å². The predicted octanol–water partition coefficient (Wildman–Crippen LogP) is 3.63. The number of nitrogens with zero attached hydrogens (tertiary/aromatic N) is 2. The van der Waals surface area contributed by atoms with E-state index in [4.69, 9.17) is 4.74 Å². The monoisotopic (exact) mass is 424 g/mol. The zero-order valence-electron chi connectivity index (χ0n) is 15.5. The molecule has 30 heavy (non-hydrogen) atoms. The first-order chi connectivity index (χ1) is 14.3. The third-order valence-electron chi connectivity index (χ3n) is 4.03. The lowest BCUT2D eigenvalue weighted by atomic mass is 10.1. The summed E-state index contributed by atoms with van der Waals surface area (Å²) in [5.41, 5.74) is 1.25. The number of aromatic nitrogens is 3. The number of pyridine rings is 1. The predicted molar refractivity (Wildman–Crippen MR) is 97.0 cm³/mol. The summed E-state index contributed by atoms with van der Waals surface area (Å²) in [6.07, 6.45) is -2.16. The highest BCUT2D eigenvalue weighted by atomic mass is 19.4. The molecular formula is C19H16F4N4O3. The van der Waals surface area contributed by atoms with Crippen molar-refractivity contribution < 1.29 is 31.8 Å². The number of H-pyrrole nitrogens is 1. The Morgan fingerprint density at radius 2 is 2.07 bits per heavy atom. The molecule has 7 nitrogen and oxygen atoms in total. The van der Waals surface area contributed by atoms with E-state index in [9.17, 15) is 22.4 Å². The molecule has 0 aliphatic heterocycles. The average Bonchev–Trinajstić information content (AvgIpc) is 3.19. The maximum Gasteiger partial charge on any atom is 0.573 e. The molecule has 2 heterocycles. The van der Waals surface area contributed by atoms with Gasteiger partial charge >= 0.3 is 6.36 Å². The van der Waals surface area contributed by atoms with Crippen LogP contribution in [0.1, 0.15) is 22.0 Å². The largest absolute Gasteiger partial charge is 0.573 e. The minimum atomic E-state index is -5.02. The second-order valence-corrected chi connectivity index (χ2v) is 6.09. The number of hydrogen-bond donors (Lipinski definition) is 2. The lowest BCUT2D eigenvalue weighted by Gasteiger charge is -2.19. The number of methoxy groups -OCH3 is 1. The molecule has 3 rings (SSSR count). The molecule has 2 aromatic heterocycles. The highest BCUT2D eigenvalue weighted by Gasteiger charge is 2.32. The van der Waals surface area contributed by atoms with Gasteiger partial charge in [-0.2, -0.15) is 5.10 Å². The van der Waals surface area contributed by atoms with Gasteiger partial charge in [0.15, 0.2) is 11.6 Å². The third kappa shape index (κ3) is 5.11. The lowest BCUT2D eigenvalue weighted by molar-refractivity contribution is -0.275. The Bertz CT molecular complexity index is 1010. The summed E-state index contributed by atoms with van der Waals surface area (Å²) >= 11 is 0. The van der Waals surface area contributed by atoms with Crippen molar-refractivity contribution in [3.8, 4) is 17.1 Å². The molecule has 0 bridgehead atoms. The van der Waals surface area contributed by atoms with E-state index >= 15 is 0 Å². The van der Waals surface area contributed by atoms with Crippen molar-refractivity contribution in [2.24, 2.45) is 0 Å². The van der Waals surface area contributed by atoms with Crippen LogP contribution < -0.4 is 10.1 Å². The Labute approximate surface area is 168 Å². The van der Waals surface area contributed by atoms with E-state index in [-0.39, 0.29) is 17.7 Å². The number of carbonyl (C=O) groups is 1. The van der Waals surface area contributed by atoms with Crippen LogP contribution in [-0.2, 0) is 4.74 Å². The fourth-order valence-electron chi connectivity index (χ4n) is 2.73. The molecule has 0 aliphatic carbocycles. The number of aromatic amines is 1. The van der Waals surface area contributed by atoms with Gasteiger partial charge in [-0.25, -0.2) is 4.39 Å². The number of carbonyl (C=O) groups excluding carboxylic acids is 1. The minimum absolute atomic E-state index is 0.0541. The maximum atomic E-state index is 14.1. The molecule has 0 fully saturated rings. The third-order valence-corrected chi connectivity index (χ3v) is 4.03. The first kappa shape index (κ1) is 21.2. The number of nitrogens with one attached hydrogen (secondary N) is 2. The summed E-state index contributed by atoms with van der Waals surface area (Å²) in [5, 5.41) is 9.22. The van der Waals surface area contributed by atoms with E-state index in [0.29, 0.717) is 11.4 Å². The summed E-state index contributed by atoms with van der Waals surface area (Å²) in [4.78, 5) is 16.9. The van der Waals surface area contributed by atoms with Crippen LogP contribution in [-0.4, -0.2) is 41.2 Å². The second kappa shape index (κ2) is 8.91. The SMILES string of the molecule is COC[C@@H](NC(=O)c1cn[nH]c1-c1ccccn1)c1ccc(OC(F)(F)F)c(F)c1. The van der Waals surface area contributed by atoms with Gasteiger partial charge in [-0.3, -0.25) is 14.9 Å². The van der Waals surface area contributed by atoms with Crippen LogP contribution in [0.4, 0.5) is 17.6 Å². The molecule has 1 amide bonds. The molecule has 0 spiro atoms. The fraction of sp³-hybridized carbons (Fsp3) is 0.211. The van der Waals surface area contributed by atoms with Gasteiger partial charge in [0.2, 0.25) is 0 Å². The Kier molecular flexibility index (Phi) is 6.31. The standard InChI is InChI=1S/C19H16F4N4O3/c1-29-10-15(11-5-6-16(13(20)8-11)30-19(21,22)23)26-18(28)12-9-25-27-17(12)14-4-2-3-7-24-14/h2-9,15H,10H2,1H3,(H,25,27)(H,26,28)/t15-/m1/s1. The minimum Gasteiger partial charge on any atom is -0.403 e. The summed E-state index contributed by atoms with van der Waals surface area (Å²) in [6, 6.07) is 7.20. The number of halogens is 4. The first-order valence-corrected chi connectivity index (χ1v) is 8.58. The molecule has 0 saturated carbocycles. The molecule has 0 unspecified atom stereocenters. The van der Waals surface area contributed by atoms with Crippen molar-refractivity contribution in [2.45, 2.75) is 12.4 Å². The summed E-state index contributed by atoms with van der Waals surface area (Å²) < 4.78 is 59.7. The molecule has 1 atom stereocenters. The van der Waals surface area contributed by atoms with Crippen LogP contribution >= 0.6 is 0 Å². The van der Waals surface area contributed by atoms with E-state index in [1.54, 1.807) is 24.4 Å². The number of ether oxygens (including phenoxy) is 2. The molecule has 0 saturated heterocycles. The summed E-state index contributed by atoms with van der Waals surface area (Å²) in [7, 11) is 1.37. The van der Waals surface area contributed by atoms with Gasteiger partial charge in [0.05, 0.1) is 35.8 Å². The number of hydrogen-bond acceptors (Lipinski definition) is 5. The van der Waals surface area contributed by atoms with Crippen LogP contribution in [0.3, 0.4) is 0 Å². The van der Waals surface area contributed by atoms with Crippen LogP contribution in [0.2, 0.25) is 0 Å². The van der Waals surface area contributed by atoms with Crippen LogP contribution in [0.25, 0.3) is 11.4 Å². The lowest BCUT2D eigenvalue weighted by Crippen LogP contribution is -2.31. The van der Waals surface area contributed by atoms with Crippen molar-refractivity contribution in [2.75, 3.05) is 13.7 Å². The number of benzene rings is 1. The highest BCUT2D eigenvalue weighted by molar-refractivity contribution is 5.99. The molecule has 3 aromatic rings. The van der Waals surface area contributed by atoms with Gasteiger partial charge in [-0.1, -0.05) is 12.1 Å². The smallest absolute Gasteiger partial charge is 0.403 e. The fourth-order valence-corrected chi connectivity index (χ4v) is 2.73. The average molecular weight is 424 g/mol. The van der Waals surface area contributed by atoms with Crippen LogP contribution in [0.15, 0.2) is 48.8 Å². The van der Waals surface area contributed by atoms with Crippen molar-refractivity contribution in [1.82, 2.24) is 20.5 Å². The number of alkyl halides is 3. The topological polar surface area (TPSA) is 89.1 Å². The van der Waals surface area contributed by atoms with Gasteiger partial charge in [-0.05, 0) is 29.8 Å². The number of amides is 1. The van der Waals surface area contributed by atoms with Gasteiger partial charge < -0.3 is 14.8 Å².